The van der Waals surface area contributed by atoms with Gasteiger partial charge < -0.3 is 15.0 Å². The van der Waals surface area contributed by atoms with Crippen LogP contribution in [0.5, 0.6) is 0 Å². The van der Waals surface area contributed by atoms with Crippen LogP contribution in [0.15, 0.2) is 24.5 Å². The van der Waals surface area contributed by atoms with Crippen LogP contribution in [0.3, 0.4) is 0 Å². The molecule has 2 aliphatic rings. The van der Waals surface area contributed by atoms with E-state index in [1.807, 2.05) is 30.1 Å². The van der Waals surface area contributed by atoms with E-state index >= 15 is 0 Å². The van der Waals surface area contributed by atoms with E-state index in [-0.39, 0.29) is 18.1 Å². The van der Waals surface area contributed by atoms with Crippen LogP contribution in [0.2, 0.25) is 0 Å². The number of hydrogen-bond acceptors (Lipinski definition) is 4. The Morgan fingerprint density at radius 1 is 1.40 bits per heavy atom. The second-order valence-electron chi connectivity index (χ2n) is 7.01. The van der Waals surface area contributed by atoms with E-state index < -0.39 is 0 Å². The van der Waals surface area contributed by atoms with Crippen molar-refractivity contribution in [3.8, 4) is 0 Å². The molecule has 0 aromatic carbocycles. The molecule has 2 aromatic rings. The van der Waals surface area contributed by atoms with Crippen molar-refractivity contribution in [3.63, 3.8) is 0 Å². The number of carbonyl (C=O) groups excluding carboxylic acids is 1. The van der Waals surface area contributed by atoms with E-state index in [0.29, 0.717) is 24.8 Å². The highest BCUT2D eigenvalue weighted by Gasteiger charge is 2.34. The van der Waals surface area contributed by atoms with E-state index in [9.17, 15) is 4.79 Å². The van der Waals surface area contributed by atoms with E-state index in [0.717, 1.165) is 17.8 Å². The second kappa shape index (κ2) is 6.65. The Hall–Kier alpha value is -2.12. The van der Waals surface area contributed by atoms with Gasteiger partial charge in [0, 0.05) is 32.5 Å². The highest BCUT2D eigenvalue weighted by molar-refractivity contribution is 5.94. The number of aryl methyl sites for hydroxylation is 1. The van der Waals surface area contributed by atoms with Crippen LogP contribution in [0.4, 0.5) is 0 Å². The van der Waals surface area contributed by atoms with Gasteiger partial charge in [-0.05, 0) is 43.5 Å². The average molecular weight is 343 g/mol. The van der Waals surface area contributed by atoms with E-state index in [4.69, 9.17) is 4.74 Å². The minimum Gasteiger partial charge on any atom is -0.373 e. The van der Waals surface area contributed by atoms with Gasteiger partial charge in [0.15, 0.2) is 0 Å². The first-order valence-electron chi connectivity index (χ1n) is 8.90. The summed E-state index contributed by atoms with van der Waals surface area (Å²) in [4.78, 5) is 18.0. The summed E-state index contributed by atoms with van der Waals surface area (Å²) >= 11 is 0. The number of ether oxygens (including phenoxy) is 1. The molecule has 7 heteroatoms. The van der Waals surface area contributed by atoms with Crippen molar-refractivity contribution in [2.75, 3.05) is 26.7 Å². The van der Waals surface area contributed by atoms with Gasteiger partial charge in [0.1, 0.15) is 5.69 Å². The van der Waals surface area contributed by atoms with E-state index in [1.165, 1.54) is 12.8 Å². The Bertz CT molecular complexity index is 748. The lowest BCUT2D eigenvalue weighted by Crippen LogP contribution is -2.49. The summed E-state index contributed by atoms with van der Waals surface area (Å²) in [5.74, 6) is 0.499. The quantitative estimate of drug-likeness (QED) is 0.861. The zero-order valence-electron chi connectivity index (χ0n) is 14.7. The molecule has 1 amide bonds. The molecule has 1 aliphatic heterocycles. The number of aromatic nitrogens is 3. The molecule has 1 saturated carbocycles. The summed E-state index contributed by atoms with van der Waals surface area (Å²) in [6.07, 6.45) is 5.91. The number of morpholine rings is 1. The molecule has 2 atom stereocenters. The molecule has 1 saturated heterocycles. The van der Waals surface area contributed by atoms with Gasteiger partial charge in [-0.3, -0.25) is 14.4 Å². The first-order valence-corrected chi connectivity index (χ1v) is 8.90. The number of hydrogen-bond donors (Lipinski definition) is 2. The Morgan fingerprint density at radius 3 is 2.96 bits per heavy atom. The predicted molar refractivity (Wildman–Crippen MR) is 93.4 cm³/mol. The highest BCUT2D eigenvalue weighted by atomic mass is 16.5. The Labute approximate surface area is 147 Å². The summed E-state index contributed by atoms with van der Waals surface area (Å²) < 4.78 is 7.87. The maximum atomic E-state index is 12.6. The van der Waals surface area contributed by atoms with Gasteiger partial charge in [-0.2, -0.15) is 5.10 Å². The molecule has 0 bridgehead atoms. The third kappa shape index (κ3) is 3.21. The van der Waals surface area contributed by atoms with Crippen molar-refractivity contribution >= 4 is 5.91 Å². The normalized spacial score (nSPS) is 24.4. The minimum absolute atomic E-state index is 0.0486. The van der Waals surface area contributed by atoms with Crippen molar-refractivity contribution in [2.45, 2.75) is 30.9 Å². The number of aromatic amines is 1. The second-order valence-corrected chi connectivity index (χ2v) is 7.01. The number of carbonyl (C=O) groups is 1. The maximum absolute atomic E-state index is 12.6. The van der Waals surface area contributed by atoms with Gasteiger partial charge >= 0.3 is 0 Å². The lowest BCUT2D eigenvalue weighted by Gasteiger charge is -2.39. The molecular weight excluding hydrogens is 318 g/mol. The topological polar surface area (TPSA) is 75.2 Å². The highest BCUT2D eigenvalue weighted by Crippen LogP contribution is 2.41. The van der Waals surface area contributed by atoms with Crippen LogP contribution in [-0.4, -0.2) is 58.4 Å². The largest absolute Gasteiger partial charge is 0.373 e. The lowest BCUT2D eigenvalue weighted by molar-refractivity contribution is -0.0629. The molecule has 7 nitrogen and oxygen atoms in total. The molecule has 2 N–H and O–H groups in total. The third-order valence-corrected chi connectivity index (χ3v) is 5.25. The van der Waals surface area contributed by atoms with Crippen LogP contribution in [-0.2, 0) is 11.8 Å². The van der Waals surface area contributed by atoms with Crippen molar-refractivity contribution in [2.24, 2.45) is 7.05 Å². The molecule has 25 heavy (non-hydrogen) atoms. The van der Waals surface area contributed by atoms with Crippen LogP contribution >= 0.6 is 0 Å². The van der Waals surface area contributed by atoms with Gasteiger partial charge in [-0.1, -0.05) is 0 Å². The average Bonchev–Trinajstić information content (AvgIpc) is 3.17. The standard InChI is InChI=1S/C18H25N5O2/c1-22-9-10-25-15(17(22)14-6-8-21-23(14)2)11-20-18(24)16-13(5-7-19-16)12-3-4-12/h5-8,12,15,17,19H,3-4,9-11H2,1-2H3,(H,20,24)/t15-,17-/m0/s1. The molecule has 1 aliphatic carbocycles. The van der Waals surface area contributed by atoms with Gasteiger partial charge in [-0.15, -0.1) is 0 Å². The minimum atomic E-state index is -0.0996. The lowest BCUT2D eigenvalue weighted by atomic mass is 10.0. The van der Waals surface area contributed by atoms with Crippen molar-refractivity contribution in [3.05, 3.63) is 41.5 Å². The molecule has 0 unspecified atom stereocenters. The number of nitrogens with one attached hydrogen (secondary N) is 2. The van der Waals surface area contributed by atoms with E-state index in [1.54, 1.807) is 6.20 Å². The molecule has 0 spiro atoms. The maximum Gasteiger partial charge on any atom is 0.268 e. The molecule has 0 radical (unpaired) electrons. The molecule has 3 heterocycles. The molecule has 2 aromatic heterocycles. The zero-order chi connectivity index (χ0) is 17.4. The van der Waals surface area contributed by atoms with Gasteiger partial charge in [0.25, 0.3) is 5.91 Å². The predicted octanol–water partition coefficient (Wildman–Crippen LogP) is 1.43. The van der Waals surface area contributed by atoms with Crippen LogP contribution in [0.25, 0.3) is 0 Å². The summed E-state index contributed by atoms with van der Waals surface area (Å²) in [6.45, 7) is 2.01. The summed E-state index contributed by atoms with van der Waals surface area (Å²) in [5, 5.41) is 7.33. The number of likely N-dealkylation sites (N-methyl/N-ethyl adjacent to an activating group) is 1. The number of amides is 1. The Balaban J connectivity index is 1.46. The zero-order valence-corrected chi connectivity index (χ0v) is 14.7. The fourth-order valence-corrected chi connectivity index (χ4v) is 3.72. The van der Waals surface area contributed by atoms with Gasteiger partial charge in [0.05, 0.1) is 24.4 Å². The van der Waals surface area contributed by atoms with Crippen LogP contribution < -0.4 is 5.32 Å². The van der Waals surface area contributed by atoms with Gasteiger partial charge in [-0.25, -0.2) is 0 Å². The molecule has 2 fully saturated rings. The van der Waals surface area contributed by atoms with Crippen molar-refractivity contribution in [1.82, 2.24) is 25.0 Å². The number of rotatable bonds is 5. The monoisotopic (exact) mass is 343 g/mol. The summed E-state index contributed by atoms with van der Waals surface area (Å²) in [6, 6.07) is 4.12. The fourth-order valence-electron chi connectivity index (χ4n) is 3.72. The van der Waals surface area contributed by atoms with Crippen molar-refractivity contribution in [1.29, 1.82) is 0 Å². The Kier molecular flexibility index (Phi) is 4.35. The van der Waals surface area contributed by atoms with Crippen molar-refractivity contribution < 1.29 is 9.53 Å². The summed E-state index contributed by atoms with van der Waals surface area (Å²) in [7, 11) is 4.03. The van der Waals surface area contributed by atoms with Gasteiger partial charge in [0.2, 0.25) is 0 Å². The molecule has 4 rings (SSSR count). The summed E-state index contributed by atoms with van der Waals surface area (Å²) in [5.41, 5.74) is 2.94. The first-order chi connectivity index (χ1) is 12.1. The SMILES string of the molecule is CN1CCO[C@@H](CNC(=O)c2[nH]ccc2C2CC2)[C@@H]1c1ccnn1C. The Morgan fingerprint density at radius 2 is 2.24 bits per heavy atom. The first kappa shape index (κ1) is 16.4. The number of H-pyrrole nitrogens is 1. The molecule has 134 valence electrons. The fraction of sp³-hybridized carbons (Fsp3) is 0.556. The van der Waals surface area contributed by atoms with E-state index in [2.05, 4.69) is 27.3 Å². The molecular formula is C18H25N5O2. The number of nitrogens with zero attached hydrogens (tertiary/aromatic N) is 3. The third-order valence-electron chi connectivity index (χ3n) is 5.25. The van der Waals surface area contributed by atoms with Crippen LogP contribution in [0.1, 0.15) is 46.5 Å². The van der Waals surface area contributed by atoms with Crippen LogP contribution in [0, 0.1) is 0 Å². The smallest absolute Gasteiger partial charge is 0.268 e.